The van der Waals surface area contributed by atoms with E-state index in [0.717, 1.165) is 44.0 Å². The summed E-state index contributed by atoms with van der Waals surface area (Å²) in [6.45, 7) is 8.41. The summed E-state index contributed by atoms with van der Waals surface area (Å²) in [5.74, 6) is 2.55. The summed E-state index contributed by atoms with van der Waals surface area (Å²) in [5.41, 5.74) is 0. The molecule has 5 heteroatoms. The number of carbonyl (C=O) groups excluding carboxylic acids is 2. The summed E-state index contributed by atoms with van der Waals surface area (Å²) < 4.78 is 0. The minimum atomic E-state index is -0.222. The Morgan fingerprint density at radius 3 is 2.82 bits per heavy atom. The van der Waals surface area contributed by atoms with Gasteiger partial charge in [-0.25, -0.2) is 0 Å². The normalized spacial score (nSPS) is 35.9. The van der Waals surface area contributed by atoms with E-state index in [-0.39, 0.29) is 22.7 Å². The fourth-order valence-corrected chi connectivity index (χ4v) is 5.65. The molecular weight excluding hydrogens is 296 g/mol. The van der Waals surface area contributed by atoms with Crippen LogP contribution in [0.4, 0.5) is 0 Å². The number of hydrogen-bond acceptors (Lipinski definition) is 3. The van der Waals surface area contributed by atoms with E-state index >= 15 is 0 Å². The van der Waals surface area contributed by atoms with Gasteiger partial charge in [0.1, 0.15) is 6.04 Å². The third kappa shape index (κ3) is 2.77. The van der Waals surface area contributed by atoms with Crippen molar-refractivity contribution in [3.63, 3.8) is 0 Å². The maximum atomic E-state index is 13.0. The molecule has 0 N–H and O–H groups in total. The van der Waals surface area contributed by atoms with Crippen molar-refractivity contribution in [3.05, 3.63) is 0 Å². The van der Waals surface area contributed by atoms with Crippen molar-refractivity contribution in [3.8, 4) is 0 Å². The number of amides is 2. The third-order valence-corrected chi connectivity index (χ3v) is 7.26. The molecule has 0 radical (unpaired) electrons. The molecule has 4 nitrogen and oxygen atoms in total. The number of rotatable bonds is 2. The summed E-state index contributed by atoms with van der Waals surface area (Å²) in [6.07, 6.45) is 4.91. The molecule has 3 aliphatic heterocycles. The molecule has 0 bridgehead atoms. The predicted molar refractivity (Wildman–Crippen MR) is 89.5 cm³/mol. The van der Waals surface area contributed by atoms with E-state index in [4.69, 9.17) is 0 Å². The van der Waals surface area contributed by atoms with Gasteiger partial charge >= 0.3 is 0 Å². The molecular formula is C17H28N2O2S. The van der Waals surface area contributed by atoms with Crippen molar-refractivity contribution in [2.75, 3.05) is 18.8 Å². The maximum absolute atomic E-state index is 13.0. The van der Waals surface area contributed by atoms with E-state index in [2.05, 4.69) is 20.8 Å². The number of likely N-dealkylation sites (tertiary alicyclic amines) is 1. The number of hydrogen-bond donors (Lipinski definition) is 0. The Hall–Kier alpha value is -0.710. The van der Waals surface area contributed by atoms with Crippen LogP contribution in [-0.4, -0.2) is 51.4 Å². The molecule has 2 amide bonds. The third-order valence-electron chi connectivity index (χ3n) is 5.76. The van der Waals surface area contributed by atoms with Crippen LogP contribution in [0.25, 0.3) is 0 Å². The van der Waals surface area contributed by atoms with Crippen molar-refractivity contribution in [2.24, 2.45) is 11.8 Å². The average molecular weight is 324 g/mol. The highest BCUT2D eigenvalue weighted by Gasteiger charge is 2.53. The number of fused-ring (bicyclic) bond motifs is 1. The van der Waals surface area contributed by atoms with Gasteiger partial charge in [0.25, 0.3) is 0 Å². The predicted octanol–water partition coefficient (Wildman–Crippen LogP) is 2.73. The zero-order chi connectivity index (χ0) is 15.9. The molecule has 124 valence electrons. The topological polar surface area (TPSA) is 40.6 Å². The van der Waals surface area contributed by atoms with Crippen molar-refractivity contribution < 1.29 is 9.59 Å². The molecule has 0 aromatic rings. The number of nitrogens with zero attached hydrogens (tertiary/aromatic N) is 2. The van der Waals surface area contributed by atoms with E-state index in [1.165, 1.54) is 6.42 Å². The van der Waals surface area contributed by atoms with Crippen molar-refractivity contribution in [1.82, 2.24) is 9.80 Å². The molecule has 3 heterocycles. The minimum absolute atomic E-state index is 0.135. The number of carbonyl (C=O) groups is 2. The molecule has 0 aliphatic carbocycles. The van der Waals surface area contributed by atoms with E-state index < -0.39 is 0 Å². The van der Waals surface area contributed by atoms with Gasteiger partial charge < -0.3 is 9.80 Å². The van der Waals surface area contributed by atoms with Crippen LogP contribution in [0.1, 0.15) is 52.9 Å². The van der Waals surface area contributed by atoms with Crippen LogP contribution < -0.4 is 0 Å². The van der Waals surface area contributed by atoms with Gasteiger partial charge in [0, 0.05) is 25.3 Å². The summed E-state index contributed by atoms with van der Waals surface area (Å²) in [4.78, 5) is 29.0. The summed E-state index contributed by atoms with van der Waals surface area (Å²) in [5, 5.41) is 0. The Kier molecular flexibility index (Phi) is 4.45. The number of thioether (sulfide) groups is 1. The van der Waals surface area contributed by atoms with Gasteiger partial charge in [0.05, 0.1) is 4.87 Å². The lowest BCUT2D eigenvalue weighted by atomic mass is 9.89. The first-order valence-corrected chi connectivity index (χ1v) is 9.66. The molecule has 22 heavy (non-hydrogen) atoms. The highest BCUT2D eigenvalue weighted by Crippen LogP contribution is 2.47. The van der Waals surface area contributed by atoms with E-state index in [9.17, 15) is 9.59 Å². The summed E-state index contributed by atoms with van der Waals surface area (Å²) in [7, 11) is 0. The van der Waals surface area contributed by atoms with Crippen molar-refractivity contribution in [1.29, 1.82) is 0 Å². The Morgan fingerprint density at radius 1 is 1.32 bits per heavy atom. The van der Waals surface area contributed by atoms with E-state index in [0.29, 0.717) is 12.3 Å². The Bertz CT molecular complexity index is 468. The molecule has 3 rings (SSSR count). The van der Waals surface area contributed by atoms with Gasteiger partial charge in [-0.05, 0) is 44.4 Å². The molecule has 3 fully saturated rings. The van der Waals surface area contributed by atoms with Crippen molar-refractivity contribution in [2.45, 2.75) is 63.8 Å². The lowest BCUT2D eigenvalue weighted by Gasteiger charge is -2.32. The SMILES string of the molecule is CC(C)[C@@H]1CCCN(C(=O)[C@@H]2CS[C@@]3(C)CCC(=O)N23)CC1. The molecule has 3 saturated heterocycles. The van der Waals surface area contributed by atoms with Crippen LogP contribution in [0, 0.1) is 11.8 Å². The van der Waals surface area contributed by atoms with Gasteiger partial charge in [0.2, 0.25) is 11.8 Å². The molecule has 0 aromatic heterocycles. The quantitative estimate of drug-likeness (QED) is 0.784. The molecule has 0 saturated carbocycles. The van der Waals surface area contributed by atoms with Crippen LogP contribution in [0.2, 0.25) is 0 Å². The Morgan fingerprint density at radius 2 is 2.09 bits per heavy atom. The first kappa shape index (κ1) is 16.2. The second-order valence-corrected chi connectivity index (χ2v) is 9.03. The van der Waals surface area contributed by atoms with Gasteiger partial charge in [-0.15, -0.1) is 11.8 Å². The Balaban J connectivity index is 1.68. The highest BCUT2D eigenvalue weighted by molar-refractivity contribution is 8.01. The van der Waals surface area contributed by atoms with E-state index in [1.54, 1.807) is 11.8 Å². The lowest BCUT2D eigenvalue weighted by molar-refractivity contribution is -0.143. The molecule has 0 aromatic carbocycles. The largest absolute Gasteiger partial charge is 0.341 e. The zero-order valence-corrected chi connectivity index (χ0v) is 14.8. The van der Waals surface area contributed by atoms with Crippen LogP contribution in [0.5, 0.6) is 0 Å². The molecule has 0 unspecified atom stereocenters. The first-order valence-electron chi connectivity index (χ1n) is 8.67. The summed E-state index contributed by atoms with van der Waals surface area (Å²) >= 11 is 1.79. The van der Waals surface area contributed by atoms with E-state index in [1.807, 2.05) is 9.80 Å². The smallest absolute Gasteiger partial charge is 0.246 e. The van der Waals surface area contributed by atoms with Gasteiger partial charge in [-0.3, -0.25) is 9.59 Å². The maximum Gasteiger partial charge on any atom is 0.246 e. The average Bonchev–Trinajstić information content (AvgIpc) is 2.83. The van der Waals surface area contributed by atoms with Gasteiger partial charge in [-0.1, -0.05) is 13.8 Å². The fourth-order valence-electron chi connectivity index (χ4n) is 4.22. The standard InChI is InChI=1S/C17H28N2O2S/c1-12(2)13-5-4-9-18(10-7-13)16(21)14-11-22-17(3)8-6-15(20)19(14)17/h12-14H,4-11H2,1-3H3/t13-,14+,17+/m1/s1. The molecule has 0 spiro atoms. The van der Waals surface area contributed by atoms with Gasteiger partial charge in [0.15, 0.2) is 0 Å². The fraction of sp³-hybridized carbons (Fsp3) is 0.882. The molecule has 3 atom stereocenters. The van der Waals surface area contributed by atoms with Crippen LogP contribution in [-0.2, 0) is 9.59 Å². The van der Waals surface area contributed by atoms with Gasteiger partial charge in [-0.2, -0.15) is 0 Å². The highest BCUT2D eigenvalue weighted by atomic mass is 32.2. The minimum Gasteiger partial charge on any atom is -0.341 e. The molecule has 3 aliphatic rings. The Labute approximate surface area is 138 Å². The second-order valence-electron chi connectivity index (χ2n) is 7.53. The first-order chi connectivity index (χ1) is 10.4. The lowest BCUT2D eigenvalue weighted by Crippen LogP contribution is -2.51. The van der Waals surface area contributed by atoms with Crippen LogP contribution in [0.3, 0.4) is 0 Å². The van der Waals surface area contributed by atoms with Crippen molar-refractivity contribution >= 4 is 23.6 Å². The monoisotopic (exact) mass is 324 g/mol. The summed E-state index contributed by atoms with van der Waals surface area (Å²) in [6, 6.07) is -0.222. The van der Waals surface area contributed by atoms with Crippen LogP contribution >= 0.6 is 11.8 Å². The zero-order valence-electron chi connectivity index (χ0n) is 14.0. The second kappa shape index (κ2) is 6.06. The van der Waals surface area contributed by atoms with Crippen LogP contribution in [0.15, 0.2) is 0 Å².